The number of halogens is 1. The van der Waals surface area contributed by atoms with E-state index < -0.39 is 12.0 Å². The molecule has 0 fully saturated rings. The zero-order chi connectivity index (χ0) is 15.4. The number of aromatic carboxylic acids is 1. The first-order chi connectivity index (χ1) is 9.95. The van der Waals surface area contributed by atoms with Crippen molar-refractivity contribution in [3.8, 4) is 0 Å². The van der Waals surface area contributed by atoms with Crippen molar-refractivity contribution in [3.05, 3.63) is 45.8 Å². The molecule has 0 radical (unpaired) electrons. The number of hydrogen-bond donors (Lipinski definition) is 3. The Morgan fingerprint density at radius 1 is 1.38 bits per heavy atom. The molecule has 0 saturated heterocycles. The third kappa shape index (κ3) is 4.06. The van der Waals surface area contributed by atoms with Gasteiger partial charge in [0, 0.05) is 16.2 Å². The summed E-state index contributed by atoms with van der Waals surface area (Å²) in [4.78, 5) is 22.7. The lowest BCUT2D eigenvalue weighted by Crippen LogP contribution is -2.28. The van der Waals surface area contributed by atoms with Gasteiger partial charge in [0.2, 0.25) is 0 Å². The van der Waals surface area contributed by atoms with E-state index in [0.29, 0.717) is 15.9 Å². The van der Waals surface area contributed by atoms with Crippen LogP contribution in [0, 0.1) is 6.92 Å². The molecule has 2 aromatic rings. The number of carboxylic acids is 1. The molecule has 1 heterocycles. The summed E-state index contributed by atoms with van der Waals surface area (Å²) < 4.78 is 5.40. The van der Waals surface area contributed by atoms with Crippen molar-refractivity contribution in [2.75, 3.05) is 5.32 Å². The molecule has 0 spiro atoms. The Morgan fingerprint density at radius 3 is 2.76 bits per heavy atom. The van der Waals surface area contributed by atoms with Gasteiger partial charge in [-0.1, -0.05) is 5.16 Å². The lowest BCUT2D eigenvalue weighted by molar-refractivity contribution is 0.0696. The van der Waals surface area contributed by atoms with Gasteiger partial charge >= 0.3 is 12.0 Å². The van der Waals surface area contributed by atoms with Crippen molar-refractivity contribution in [1.29, 1.82) is 0 Å². The van der Waals surface area contributed by atoms with Crippen LogP contribution in [0.15, 0.2) is 33.3 Å². The number of urea groups is 1. The number of carboxylic acid groups (broad SMARTS) is 1. The van der Waals surface area contributed by atoms with Crippen molar-refractivity contribution in [2.45, 2.75) is 13.5 Å². The summed E-state index contributed by atoms with van der Waals surface area (Å²) in [5.41, 5.74) is 1.17. The molecule has 8 heteroatoms. The van der Waals surface area contributed by atoms with Crippen molar-refractivity contribution in [3.63, 3.8) is 0 Å². The topological polar surface area (TPSA) is 104 Å². The molecule has 110 valence electrons. The highest BCUT2D eigenvalue weighted by molar-refractivity contribution is 9.10. The molecule has 0 saturated carbocycles. The summed E-state index contributed by atoms with van der Waals surface area (Å²) in [7, 11) is 0. The highest BCUT2D eigenvalue weighted by Gasteiger charge is 2.11. The minimum absolute atomic E-state index is 0.0682. The fourth-order valence-corrected chi connectivity index (χ4v) is 2.03. The van der Waals surface area contributed by atoms with Gasteiger partial charge in [0.05, 0.1) is 17.8 Å². The number of amides is 2. The summed E-state index contributed by atoms with van der Waals surface area (Å²) in [6.07, 6.45) is 0. The molecule has 0 aliphatic heterocycles. The zero-order valence-electron chi connectivity index (χ0n) is 11.0. The summed E-state index contributed by atoms with van der Waals surface area (Å²) in [5, 5.41) is 17.8. The second-order valence-electron chi connectivity index (χ2n) is 4.24. The largest absolute Gasteiger partial charge is 0.478 e. The number of anilines is 1. The number of rotatable bonds is 4. The maximum atomic E-state index is 11.7. The lowest BCUT2D eigenvalue weighted by Gasteiger charge is -2.08. The molecule has 3 N–H and O–H groups in total. The second kappa shape index (κ2) is 6.40. The van der Waals surface area contributed by atoms with Crippen molar-refractivity contribution >= 4 is 33.6 Å². The van der Waals surface area contributed by atoms with Gasteiger partial charge in [-0.05, 0) is 41.1 Å². The van der Waals surface area contributed by atoms with Crippen LogP contribution in [0.4, 0.5) is 10.5 Å². The van der Waals surface area contributed by atoms with Gasteiger partial charge in [-0.25, -0.2) is 9.59 Å². The Morgan fingerprint density at radius 2 is 2.14 bits per heavy atom. The highest BCUT2D eigenvalue weighted by Crippen LogP contribution is 2.21. The molecular formula is C13H12BrN3O4. The van der Waals surface area contributed by atoms with Crippen LogP contribution >= 0.6 is 15.9 Å². The zero-order valence-corrected chi connectivity index (χ0v) is 12.6. The smallest absolute Gasteiger partial charge is 0.336 e. The number of nitrogens with one attached hydrogen (secondary N) is 2. The van der Waals surface area contributed by atoms with E-state index >= 15 is 0 Å². The molecule has 1 aromatic carbocycles. The average molecular weight is 354 g/mol. The first-order valence-electron chi connectivity index (χ1n) is 5.95. The first-order valence-corrected chi connectivity index (χ1v) is 6.75. The predicted molar refractivity (Wildman–Crippen MR) is 78.2 cm³/mol. The van der Waals surface area contributed by atoms with E-state index in [4.69, 9.17) is 9.63 Å². The maximum Gasteiger partial charge on any atom is 0.336 e. The van der Waals surface area contributed by atoms with E-state index in [1.807, 2.05) is 0 Å². The van der Waals surface area contributed by atoms with E-state index in [9.17, 15) is 9.59 Å². The van der Waals surface area contributed by atoms with E-state index in [2.05, 4.69) is 31.7 Å². The number of hydrogen-bond acceptors (Lipinski definition) is 4. The second-order valence-corrected chi connectivity index (χ2v) is 5.10. The van der Waals surface area contributed by atoms with Gasteiger partial charge < -0.3 is 20.3 Å². The van der Waals surface area contributed by atoms with Crippen LogP contribution in [-0.4, -0.2) is 22.3 Å². The standard InChI is InChI=1S/C13H12BrN3O4/c1-7-4-9(21-17-7)6-15-13(20)16-8-2-3-11(14)10(5-8)12(18)19/h2-5H,6H2,1H3,(H,18,19)(H2,15,16,20). The van der Waals surface area contributed by atoms with Crippen LogP contribution in [0.2, 0.25) is 0 Å². The van der Waals surface area contributed by atoms with Crippen LogP contribution in [0.3, 0.4) is 0 Å². The molecule has 0 atom stereocenters. The maximum absolute atomic E-state index is 11.7. The SMILES string of the molecule is Cc1cc(CNC(=O)Nc2ccc(Br)c(C(=O)O)c2)on1. The summed E-state index contributed by atoms with van der Waals surface area (Å²) in [6.45, 7) is 1.97. The lowest BCUT2D eigenvalue weighted by atomic mass is 10.2. The molecule has 0 bridgehead atoms. The predicted octanol–water partition coefficient (Wildman–Crippen LogP) is 2.77. The minimum atomic E-state index is -1.08. The van der Waals surface area contributed by atoms with Crippen molar-refractivity contribution in [1.82, 2.24) is 10.5 Å². The molecule has 2 amide bonds. The third-order valence-electron chi connectivity index (χ3n) is 2.55. The van der Waals surface area contributed by atoms with Gasteiger partial charge in [0.1, 0.15) is 0 Å². The van der Waals surface area contributed by atoms with Crippen LogP contribution in [-0.2, 0) is 6.54 Å². The quantitative estimate of drug-likeness (QED) is 0.783. The monoisotopic (exact) mass is 353 g/mol. The normalized spacial score (nSPS) is 10.2. The fourth-order valence-electron chi connectivity index (χ4n) is 1.61. The van der Waals surface area contributed by atoms with E-state index in [1.165, 1.54) is 6.07 Å². The third-order valence-corrected chi connectivity index (χ3v) is 3.25. The van der Waals surface area contributed by atoms with Crippen LogP contribution in [0.5, 0.6) is 0 Å². The Balaban J connectivity index is 1.96. The molecule has 21 heavy (non-hydrogen) atoms. The molecule has 7 nitrogen and oxygen atoms in total. The van der Waals surface area contributed by atoms with Gasteiger partial charge in [0.15, 0.2) is 5.76 Å². The van der Waals surface area contributed by atoms with Crippen LogP contribution < -0.4 is 10.6 Å². The number of aromatic nitrogens is 1. The molecule has 0 unspecified atom stereocenters. The minimum Gasteiger partial charge on any atom is -0.478 e. The number of nitrogens with zero attached hydrogens (tertiary/aromatic N) is 1. The number of carbonyl (C=O) groups is 2. The van der Waals surface area contributed by atoms with Crippen molar-refractivity contribution < 1.29 is 19.2 Å². The Labute approximate surface area is 128 Å². The van der Waals surface area contributed by atoms with Gasteiger partial charge in [0.25, 0.3) is 0 Å². The molecule has 0 aliphatic carbocycles. The van der Waals surface area contributed by atoms with Crippen molar-refractivity contribution in [2.24, 2.45) is 0 Å². The fraction of sp³-hybridized carbons (Fsp3) is 0.154. The molecule has 1 aromatic heterocycles. The van der Waals surface area contributed by atoms with Gasteiger partial charge in [-0.3, -0.25) is 0 Å². The molecular weight excluding hydrogens is 342 g/mol. The van der Waals surface area contributed by atoms with Gasteiger partial charge in [-0.15, -0.1) is 0 Å². The summed E-state index contributed by atoms with van der Waals surface area (Å²) in [5.74, 6) is -0.548. The highest BCUT2D eigenvalue weighted by atomic mass is 79.9. The Bertz CT molecular complexity index is 684. The van der Waals surface area contributed by atoms with E-state index in [0.717, 1.165) is 5.69 Å². The number of carbonyl (C=O) groups excluding carboxylic acids is 1. The van der Waals surface area contributed by atoms with Gasteiger partial charge in [-0.2, -0.15) is 0 Å². The van der Waals surface area contributed by atoms with E-state index in [1.54, 1.807) is 25.1 Å². The van der Waals surface area contributed by atoms with Crippen LogP contribution in [0.25, 0.3) is 0 Å². The average Bonchev–Trinajstić information content (AvgIpc) is 2.84. The Kier molecular flexibility index (Phi) is 4.59. The van der Waals surface area contributed by atoms with Crippen LogP contribution in [0.1, 0.15) is 21.8 Å². The van der Waals surface area contributed by atoms with E-state index in [-0.39, 0.29) is 12.1 Å². The summed E-state index contributed by atoms with van der Waals surface area (Å²) in [6, 6.07) is 5.75. The molecule has 2 rings (SSSR count). The number of benzene rings is 1. The first kappa shape index (κ1) is 15.0. The number of aryl methyl sites for hydroxylation is 1. The molecule has 0 aliphatic rings. The Hall–Kier alpha value is -2.35. The summed E-state index contributed by atoms with van der Waals surface area (Å²) >= 11 is 3.13.